The van der Waals surface area contributed by atoms with Crippen molar-refractivity contribution in [1.82, 2.24) is 14.5 Å². The number of carbonyl (C=O) groups excluding carboxylic acids is 1. The van der Waals surface area contributed by atoms with Crippen LogP contribution in [0.15, 0.2) is 29.1 Å². The predicted molar refractivity (Wildman–Crippen MR) is 93.0 cm³/mol. The highest BCUT2D eigenvalue weighted by Crippen LogP contribution is 2.16. The lowest BCUT2D eigenvalue weighted by molar-refractivity contribution is -0.132. The minimum Gasteiger partial charge on any atom is -0.343 e. The molecule has 0 atom stereocenters. The number of amides is 1. The van der Waals surface area contributed by atoms with Gasteiger partial charge >= 0.3 is 0 Å². The van der Waals surface area contributed by atoms with Gasteiger partial charge in [0.1, 0.15) is 0 Å². The Kier molecular flexibility index (Phi) is 4.61. The van der Waals surface area contributed by atoms with Gasteiger partial charge in [-0.2, -0.15) is 0 Å². The summed E-state index contributed by atoms with van der Waals surface area (Å²) in [5, 5.41) is 0.598. The third-order valence-electron chi connectivity index (χ3n) is 4.57. The second-order valence-electron chi connectivity index (χ2n) is 6.25. The Balaban J connectivity index is 1.76. The van der Waals surface area contributed by atoms with Gasteiger partial charge in [0.25, 0.3) is 5.56 Å². The SMILES string of the molecule is CC1CCN(C(=O)CCn2c(=S)[nH]c3ccccc3c2=O)CC1. The molecule has 3 rings (SSSR count). The lowest BCUT2D eigenvalue weighted by Crippen LogP contribution is -2.38. The topological polar surface area (TPSA) is 58.1 Å². The van der Waals surface area contributed by atoms with E-state index in [1.165, 1.54) is 4.57 Å². The molecule has 0 radical (unpaired) electrons. The van der Waals surface area contributed by atoms with E-state index in [4.69, 9.17) is 12.2 Å². The first-order chi connectivity index (χ1) is 11.1. The number of carbonyl (C=O) groups is 1. The standard InChI is InChI=1S/C17H21N3O2S/c1-12-6-9-19(10-7-12)15(21)8-11-20-16(22)13-4-2-3-5-14(13)18-17(20)23/h2-5,12H,6-11H2,1H3,(H,18,23). The molecular weight excluding hydrogens is 310 g/mol. The quantitative estimate of drug-likeness (QED) is 0.880. The highest BCUT2D eigenvalue weighted by molar-refractivity contribution is 7.71. The first-order valence-electron chi connectivity index (χ1n) is 8.06. The Morgan fingerprint density at radius 2 is 2.00 bits per heavy atom. The minimum absolute atomic E-state index is 0.103. The van der Waals surface area contributed by atoms with E-state index < -0.39 is 0 Å². The third kappa shape index (κ3) is 3.37. The molecule has 1 aromatic carbocycles. The normalized spacial score (nSPS) is 16.0. The fourth-order valence-electron chi connectivity index (χ4n) is 3.03. The number of likely N-dealkylation sites (tertiary alicyclic amines) is 1. The summed E-state index contributed by atoms with van der Waals surface area (Å²) in [5.74, 6) is 0.794. The summed E-state index contributed by atoms with van der Waals surface area (Å²) in [7, 11) is 0. The van der Waals surface area contributed by atoms with Crippen LogP contribution in [0.4, 0.5) is 0 Å². The molecule has 122 valence electrons. The molecule has 6 heteroatoms. The van der Waals surface area contributed by atoms with Crippen molar-refractivity contribution in [2.24, 2.45) is 5.92 Å². The van der Waals surface area contributed by atoms with Gasteiger partial charge < -0.3 is 9.88 Å². The number of benzene rings is 1. The number of rotatable bonds is 3. The van der Waals surface area contributed by atoms with E-state index in [0.717, 1.165) is 31.4 Å². The molecule has 23 heavy (non-hydrogen) atoms. The Hall–Kier alpha value is -1.95. The van der Waals surface area contributed by atoms with Crippen molar-refractivity contribution in [1.29, 1.82) is 0 Å². The van der Waals surface area contributed by atoms with Gasteiger partial charge in [-0.25, -0.2) is 0 Å². The average molecular weight is 331 g/mol. The van der Waals surface area contributed by atoms with Crippen LogP contribution in [0.25, 0.3) is 10.9 Å². The summed E-state index contributed by atoms with van der Waals surface area (Å²) in [6, 6.07) is 7.29. The molecule has 2 aromatic rings. The van der Waals surface area contributed by atoms with Crippen LogP contribution >= 0.6 is 12.2 Å². The number of nitrogens with one attached hydrogen (secondary N) is 1. The number of aromatic amines is 1. The van der Waals surface area contributed by atoms with Crippen molar-refractivity contribution in [3.05, 3.63) is 39.4 Å². The molecule has 0 saturated carbocycles. The van der Waals surface area contributed by atoms with E-state index >= 15 is 0 Å². The van der Waals surface area contributed by atoms with Crippen LogP contribution < -0.4 is 5.56 Å². The molecule has 0 spiro atoms. The Bertz CT molecular complexity index is 832. The van der Waals surface area contributed by atoms with Crippen LogP contribution in [0.5, 0.6) is 0 Å². The van der Waals surface area contributed by atoms with E-state index in [2.05, 4.69) is 11.9 Å². The smallest absolute Gasteiger partial charge is 0.262 e. The average Bonchev–Trinajstić information content (AvgIpc) is 2.55. The number of para-hydroxylation sites is 1. The number of aromatic nitrogens is 2. The molecule has 0 bridgehead atoms. The van der Waals surface area contributed by atoms with Gasteiger partial charge in [0.15, 0.2) is 4.77 Å². The zero-order valence-electron chi connectivity index (χ0n) is 13.2. The first kappa shape index (κ1) is 15.9. The fourth-order valence-corrected chi connectivity index (χ4v) is 3.31. The van der Waals surface area contributed by atoms with Crippen molar-refractivity contribution in [3.8, 4) is 0 Å². The molecule has 1 fully saturated rings. The Morgan fingerprint density at radius 1 is 1.30 bits per heavy atom. The van der Waals surface area contributed by atoms with Crippen LogP contribution in [-0.4, -0.2) is 33.4 Å². The first-order valence-corrected chi connectivity index (χ1v) is 8.46. The lowest BCUT2D eigenvalue weighted by atomic mass is 9.99. The van der Waals surface area contributed by atoms with Gasteiger partial charge in [0.05, 0.1) is 10.9 Å². The lowest BCUT2D eigenvalue weighted by Gasteiger charge is -2.30. The summed E-state index contributed by atoms with van der Waals surface area (Å²) in [5.41, 5.74) is 0.597. The number of hydrogen-bond acceptors (Lipinski definition) is 3. The van der Waals surface area contributed by atoms with Crippen LogP contribution in [0, 0.1) is 10.7 Å². The van der Waals surface area contributed by atoms with E-state index in [1.807, 2.05) is 23.1 Å². The molecule has 1 N–H and O–H groups in total. The number of nitrogens with zero attached hydrogens (tertiary/aromatic N) is 2. The van der Waals surface area contributed by atoms with Crippen molar-refractivity contribution in [2.45, 2.75) is 32.7 Å². The van der Waals surface area contributed by atoms with E-state index in [0.29, 0.717) is 29.0 Å². The number of hydrogen-bond donors (Lipinski definition) is 1. The maximum Gasteiger partial charge on any atom is 0.262 e. The van der Waals surface area contributed by atoms with Gasteiger partial charge in [-0.1, -0.05) is 19.1 Å². The van der Waals surface area contributed by atoms with Gasteiger partial charge in [-0.05, 0) is 43.1 Å². The van der Waals surface area contributed by atoms with Gasteiger partial charge in [-0.15, -0.1) is 0 Å². The summed E-state index contributed by atoms with van der Waals surface area (Å²) in [6.45, 7) is 4.18. The van der Waals surface area contributed by atoms with Crippen LogP contribution in [0.3, 0.4) is 0 Å². The molecule has 1 amide bonds. The highest BCUT2D eigenvalue weighted by atomic mass is 32.1. The summed E-state index contributed by atoms with van der Waals surface area (Å²) >= 11 is 5.27. The molecule has 1 saturated heterocycles. The summed E-state index contributed by atoms with van der Waals surface area (Å²) in [6.07, 6.45) is 2.42. The maximum absolute atomic E-state index is 12.5. The fraction of sp³-hybridized carbons (Fsp3) is 0.471. The van der Waals surface area contributed by atoms with Crippen molar-refractivity contribution < 1.29 is 4.79 Å². The molecule has 2 heterocycles. The van der Waals surface area contributed by atoms with E-state index in [1.54, 1.807) is 6.07 Å². The second kappa shape index (κ2) is 6.66. The van der Waals surface area contributed by atoms with Crippen molar-refractivity contribution in [2.75, 3.05) is 13.1 Å². The highest BCUT2D eigenvalue weighted by Gasteiger charge is 2.20. The second-order valence-corrected chi connectivity index (χ2v) is 6.63. The summed E-state index contributed by atoms with van der Waals surface area (Å²) < 4.78 is 1.86. The predicted octanol–water partition coefficient (Wildman–Crippen LogP) is 2.71. The summed E-state index contributed by atoms with van der Waals surface area (Å²) in [4.78, 5) is 29.8. The van der Waals surface area contributed by atoms with Gasteiger partial charge in [0.2, 0.25) is 5.91 Å². The number of fused-ring (bicyclic) bond motifs is 1. The molecule has 1 aliphatic heterocycles. The zero-order valence-corrected chi connectivity index (χ0v) is 14.1. The van der Waals surface area contributed by atoms with E-state index in [-0.39, 0.29) is 11.5 Å². The molecular formula is C17H21N3O2S. The third-order valence-corrected chi connectivity index (χ3v) is 4.90. The Labute approximate surface area is 139 Å². The van der Waals surface area contributed by atoms with Gasteiger partial charge in [-0.3, -0.25) is 14.2 Å². The van der Waals surface area contributed by atoms with Crippen molar-refractivity contribution in [3.63, 3.8) is 0 Å². The van der Waals surface area contributed by atoms with Gasteiger partial charge in [0, 0.05) is 26.1 Å². The number of H-pyrrole nitrogens is 1. The molecule has 0 unspecified atom stereocenters. The number of piperidine rings is 1. The van der Waals surface area contributed by atoms with Crippen molar-refractivity contribution >= 4 is 29.0 Å². The zero-order chi connectivity index (χ0) is 16.4. The Morgan fingerprint density at radius 3 is 2.74 bits per heavy atom. The van der Waals surface area contributed by atoms with Crippen LogP contribution in [0.1, 0.15) is 26.2 Å². The maximum atomic E-state index is 12.5. The van der Waals surface area contributed by atoms with Crippen LogP contribution in [-0.2, 0) is 11.3 Å². The minimum atomic E-state index is -0.135. The van der Waals surface area contributed by atoms with Crippen LogP contribution in [0.2, 0.25) is 0 Å². The van der Waals surface area contributed by atoms with E-state index in [9.17, 15) is 9.59 Å². The largest absolute Gasteiger partial charge is 0.343 e. The molecule has 1 aliphatic rings. The molecule has 0 aliphatic carbocycles. The molecule has 1 aromatic heterocycles. The molecule has 5 nitrogen and oxygen atoms in total. The monoisotopic (exact) mass is 331 g/mol.